The van der Waals surface area contributed by atoms with E-state index in [4.69, 9.17) is 9.47 Å². The van der Waals surface area contributed by atoms with E-state index in [1.165, 1.54) is 7.11 Å². The first-order valence-corrected chi connectivity index (χ1v) is 6.64. The lowest BCUT2D eigenvalue weighted by atomic mass is 10.1. The van der Waals surface area contributed by atoms with Gasteiger partial charge in [0.25, 0.3) is 0 Å². The average molecular weight is 272 g/mol. The largest absolute Gasteiger partial charge is 0.491 e. The van der Waals surface area contributed by atoms with Crippen molar-refractivity contribution in [3.05, 3.63) is 35.7 Å². The fourth-order valence-corrected chi connectivity index (χ4v) is 2.36. The van der Waals surface area contributed by atoms with Crippen LogP contribution < -0.4 is 4.74 Å². The van der Waals surface area contributed by atoms with Crippen molar-refractivity contribution in [1.29, 1.82) is 0 Å². The van der Waals surface area contributed by atoms with Gasteiger partial charge in [-0.3, -0.25) is 0 Å². The molecule has 0 saturated carbocycles. The molecule has 0 amide bonds. The molecular weight excluding hydrogens is 256 g/mol. The number of aryl methyl sites for hydroxylation is 1. The van der Waals surface area contributed by atoms with Crippen molar-refractivity contribution in [2.24, 2.45) is 0 Å². The van der Waals surface area contributed by atoms with Crippen molar-refractivity contribution in [2.75, 3.05) is 13.7 Å². The molecule has 0 atom stereocenters. The summed E-state index contributed by atoms with van der Waals surface area (Å²) < 4.78 is 12.6. The topological polar surface area (TPSA) is 53.4 Å². The Balaban J connectivity index is 2.15. The van der Waals surface area contributed by atoms with E-state index < -0.39 is 0 Å². The molecule has 1 aliphatic heterocycles. The molecule has 0 N–H and O–H groups in total. The minimum Gasteiger partial charge on any atom is -0.491 e. The molecule has 0 spiro atoms. The number of esters is 1. The standard InChI is InChI=1S/C15H16N2O3/c1-3-11-9-17-6-7-20-13-5-4-10(15(18)19-2)8-12(13)14(17)16-11/h4-5,8-9H,3,6-7H2,1-2H3. The molecule has 1 aromatic carbocycles. The number of hydrogen-bond donors (Lipinski definition) is 0. The van der Waals surface area contributed by atoms with Crippen LogP contribution in [0.5, 0.6) is 5.75 Å². The van der Waals surface area contributed by atoms with Gasteiger partial charge in [-0.1, -0.05) is 6.92 Å². The summed E-state index contributed by atoms with van der Waals surface area (Å²) in [6.07, 6.45) is 2.92. The highest BCUT2D eigenvalue weighted by Gasteiger charge is 2.20. The highest BCUT2D eigenvalue weighted by Crippen LogP contribution is 2.33. The van der Waals surface area contributed by atoms with Gasteiger partial charge >= 0.3 is 5.97 Å². The van der Waals surface area contributed by atoms with E-state index in [0.717, 1.165) is 35.8 Å². The van der Waals surface area contributed by atoms with Crippen LogP contribution in [0.25, 0.3) is 11.4 Å². The maximum absolute atomic E-state index is 11.7. The summed E-state index contributed by atoms with van der Waals surface area (Å²) in [5, 5.41) is 0. The van der Waals surface area contributed by atoms with Gasteiger partial charge in [0, 0.05) is 6.20 Å². The third-order valence-corrected chi connectivity index (χ3v) is 3.42. The van der Waals surface area contributed by atoms with Gasteiger partial charge in [0.15, 0.2) is 0 Å². The smallest absolute Gasteiger partial charge is 0.337 e. The van der Waals surface area contributed by atoms with Crippen LogP contribution in [0.3, 0.4) is 0 Å². The third kappa shape index (κ3) is 2.05. The quantitative estimate of drug-likeness (QED) is 0.787. The van der Waals surface area contributed by atoms with Crippen molar-refractivity contribution in [1.82, 2.24) is 9.55 Å². The number of imidazole rings is 1. The molecule has 1 aliphatic rings. The summed E-state index contributed by atoms with van der Waals surface area (Å²) in [6.45, 7) is 3.42. The van der Waals surface area contributed by atoms with Crippen LogP contribution in [-0.2, 0) is 17.7 Å². The van der Waals surface area contributed by atoms with Crippen LogP contribution in [0.2, 0.25) is 0 Å². The van der Waals surface area contributed by atoms with Gasteiger partial charge in [-0.25, -0.2) is 9.78 Å². The first kappa shape index (κ1) is 12.7. The normalized spacial score (nSPS) is 12.9. The van der Waals surface area contributed by atoms with Gasteiger partial charge in [0.05, 0.1) is 30.5 Å². The molecule has 20 heavy (non-hydrogen) atoms. The fraction of sp³-hybridized carbons (Fsp3) is 0.333. The highest BCUT2D eigenvalue weighted by molar-refractivity contribution is 5.91. The molecule has 2 aromatic rings. The molecule has 0 radical (unpaired) electrons. The van der Waals surface area contributed by atoms with Gasteiger partial charge in [-0.15, -0.1) is 0 Å². The summed E-state index contributed by atoms with van der Waals surface area (Å²) in [4.78, 5) is 16.3. The molecule has 1 aromatic heterocycles. The number of methoxy groups -OCH3 is 1. The Morgan fingerprint density at radius 2 is 2.35 bits per heavy atom. The Bertz CT molecular complexity index is 661. The number of nitrogens with zero attached hydrogens (tertiary/aromatic N) is 2. The van der Waals surface area contributed by atoms with Crippen molar-refractivity contribution in [3.63, 3.8) is 0 Å². The number of rotatable bonds is 2. The molecule has 5 heteroatoms. The predicted octanol–water partition coefficient (Wildman–Crippen LogP) is 2.29. The number of ether oxygens (including phenoxy) is 2. The van der Waals surface area contributed by atoms with Crippen LogP contribution in [-0.4, -0.2) is 29.2 Å². The zero-order valence-corrected chi connectivity index (χ0v) is 11.5. The lowest BCUT2D eigenvalue weighted by molar-refractivity contribution is 0.0601. The Labute approximate surface area is 117 Å². The molecule has 0 fully saturated rings. The number of aromatic nitrogens is 2. The maximum Gasteiger partial charge on any atom is 0.337 e. The zero-order valence-electron chi connectivity index (χ0n) is 11.5. The Kier molecular flexibility index (Phi) is 3.18. The molecule has 0 bridgehead atoms. The minimum absolute atomic E-state index is 0.356. The fourth-order valence-electron chi connectivity index (χ4n) is 2.36. The number of hydrogen-bond acceptors (Lipinski definition) is 4. The van der Waals surface area contributed by atoms with E-state index in [1.807, 2.05) is 6.20 Å². The monoisotopic (exact) mass is 272 g/mol. The maximum atomic E-state index is 11.7. The number of carbonyl (C=O) groups is 1. The van der Waals surface area contributed by atoms with Crippen LogP contribution in [0.1, 0.15) is 23.0 Å². The van der Waals surface area contributed by atoms with E-state index in [1.54, 1.807) is 18.2 Å². The van der Waals surface area contributed by atoms with Crippen LogP contribution in [0.15, 0.2) is 24.4 Å². The average Bonchev–Trinajstić information content (AvgIpc) is 2.82. The van der Waals surface area contributed by atoms with Gasteiger partial charge < -0.3 is 14.0 Å². The number of fused-ring (bicyclic) bond motifs is 3. The van der Waals surface area contributed by atoms with Crippen LogP contribution in [0.4, 0.5) is 0 Å². The summed E-state index contributed by atoms with van der Waals surface area (Å²) in [7, 11) is 1.38. The second-order valence-corrected chi connectivity index (χ2v) is 4.65. The number of benzene rings is 1. The molecule has 104 valence electrons. The van der Waals surface area contributed by atoms with Crippen LogP contribution in [0, 0.1) is 0 Å². The minimum atomic E-state index is -0.356. The molecule has 0 unspecified atom stereocenters. The second kappa shape index (κ2) is 5.00. The SMILES string of the molecule is CCc1cn2c(n1)-c1cc(C(=O)OC)ccc1OCC2. The van der Waals surface area contributed by atoms with E-state index in [-0.39, 0.29) is 5.97 Å². The summed E-state index contributed by atoms with van der Waals surface area (Å²) in [5.41, 5.74) is 2.38. The Morgan fingerprint density at radius 3 is 3.10 bits per heavy atom. The number of carbonyl (C=O) groups excluding carboxylic acids is 1. The van der Waals surface area contributed by atoms with Crippen molar-refractivity contribution in [2.45, 2.75) is 19.9 Å². The summed E-state index contributed by atoms with van der Waals surface area (Å²) in [5.74, 6) is 1.25. The lowest BCUT2D eigenvalue weighted by Crippen LogP contribution is -2.04. The Hall–Kier alpha value is -2.30. The van der Waals surface area contributed by atoms with E-state index in [0.29, 0.717) is 12.2 Å². The van der Waals surface area contributed by atoms with Crippen molar-refractivity contribution < 1.29 is 14.3 Å². The zero-order chi connectivity index (χ0) is 14.1. The highest BCUT2D eigenvalue weighted by atomic mass is 16.5. The first-order chi connectivity index (χ1) is 9.72. The van der Waals surface area contributed by atoms with Gasteiger partial charge in [0.2, 0.25) is 0 Å². The van der Waals surface area contributed by atoms with E-state index in [2.05, 4.69) is 16.5 Å². The van der Waals surface area contributed by atoms with Crippen LogP contribution >= 0.6 is 0 Å². The Morgan fingerprint density at radius 1 is 1.50 bits per heavy atom. The second-order valence-electron chi connectivity index (χ2n) is 4.65. The third-order valence-electron chi connectivity index (χ3n) is 3.42. The first-order valence-electron chi connectivity index (χ1n) is 6.64. The van der Waals surface area contributed by atoms with Crippen molar-refractivity contribution >= 4 is 5.97 Å². The van der Waals surface area contributed by atoms with Gasteiger partial charge in [-0.05, 0) is 24.6 Å². The molecule has 0 aliphatic carbocycles. The molecule has 0 saturated heterocycles. The molecule has 3 rings (SSSR count). The predicted molar refractivity (Wildman–Crippen MR) is 73.9 cm³/mol. The van der Waals surface area contributed by atoms with Gasteiger partial charge in [0.1, 0.15) is 18.2 Å². The summed E-state index contributed by atoms with van der Waals surface area (Å²) >= 11 is 0. The molecule has 5 nitrogen and oxygen atoms in total. The molecule has 2 heterocycles. The van der Waals surface area contributed by atoms with Crippen molar-refractivity contribution in [3.8, 4) is 17.1 Å². The lowest BCUT2D eigenvalue weighted by Gasteiger charge is -2.07. The van der Waals surface area contributed by atoms with Gasteiger partial charge in [-0.2, -0.15) is 0 Å². The van der Waals surface area contributed by atoms with E-state index in [9.17, 15) is 4.79 Å². The van der Waals surface area contributed by atoms with E-state index >= 15 is 0 Å². The summed E-state index contributed by atoms with van der Waals surface area (Å²) in [6, 6.07) is 5.30. The molecular formula is C15H16N2O3.